The van der Waals surface area contributed by atoms with E-state index in [1.54, 1.807) is 0 Å². The van der Waals surface area contributed by atoms with Crippen molar-refractivity contribution in [3.05, 3.63) is 11.0 Å². The molecule has 0 saturated carbocycles. The van der Waals surface area contributed by atoms with Gasteiger partial charge in [0.1, 0.15) is 5.84 Å². The average molecular weight is 146 g/mol. The Balaban J connectivity index is 4.17. The minimum absolute atomic E-state index is 0.0394. The third kappa shape index (κ3) is 3.60. The number of thiol groups is 1. The summed E-state index contributed by atoms with van der Waals surface area (Å²) in [7, 11) is 0. The lowest BCUT2D eigenvalue weighted by atomic mass is 10.5. The summed E-state index contributed by atoms with van der Waals surface area (Å²) in [6, 6.07) is 0. The molecule has 5 heteroatoms. The van der Waals surface area contributed by atoms with Crippen molar-refractivity contribution in [1.29, 1.82) is 5.41 Å². The molecule has 0 amide bonds. The molecule has 0 aromatic rings. The van der Waals surface area contributed by atoms with Crippen LogP contribution in [-0.4, -0.2) is 16.9 Å². The molecule has 4 N–H and O–H groups in total. The van der Waals surface area contributed by atoms with E-state index in [-0.39, 0.29) is 10.7 Å². The van der Waals surface area contributed by atoms with Gasteiger partial charge >= 0.3 is 5.97 Å². The van der Waals surface area contributed by atoms with Crippen molar-refractivity contribution in [2.45, 2.75) is 0 Å². The Morgan fingerprint density at radius 2 is 2.22 bits per heavy atom. The fraction of sp³-hybridized carbons (Fsp3) is 0. The van der Waals surface area contributed by atoms with Gasteiger partial charge in [-0.25, -0.2) is 4.79 Å². The third-order valence-electron chi connectivity index (χ3n) is 0.536. The molecule has 50 valence electrons. The van der Waals surface area contributed by atoms with E-state index in [2.05, 4.69) is 12.6 Å². The summed E-state index contributed by atoms with van der Waals surface area (Å²) >= 11 is 3.60. The molecule has 0 rings (SSSR count). The zero-order valence-electron chi connectivity index (χ0n) is 4.46. The van der Waals surface area contributed by atoms with Crippen LogP contribution in [0, 0.1) is 5.41 Å². The second-order valence-corrected chi connectivity index (χ2v) is 1.76. The fourth-order valence-electron chi connectivity index (χ4n) is 0.195. The lowest BCUT2D eigenvalue weighted by Crippen LogP contribution is -2.10. The Labute approximate surface area is 57.3 Å². The van der Waals surface area contributed by atoms with Crippen LogP contribution in [0.15, 0.2) is 11.0 Å². The molecule has 4 nitrogen and oxygen atoms in total. The van der Waals surface area contributed by atoms with Crippen LogP contribution >= 0.6 is 12.6 Å². The molecular formula is C4H6N2O2S. The number of nitrogens with one attached hydrogen (secondary N) is 1. The maximum Gasteiger partial charge on any atom is 0.329 e. The van der Waals surface area contributed by atoms with Gasteiger partial charge in [0.05, 0.1) is 4.91 Å². The molecule has 0 aromatic heterocycles. The molecule has 0 aromatic carbocycles. The lowest BCUT2D eigenvalue weighted by molar-refractivity contribution is -0.131. The largest absolute Gasteiger partial charge is 0.478 e. The molecule has 0 atom stereocenters. The highest BCUT2D eigenvalue weighted by Gasteiger charge is 1.95. The standard InChI is InChI=1S/C4H6N2O2S/c5-4(6)2(9)1-3(7)8/h1,9H,(H3,5,6)(H,7,8). The zero-order chi connectivity index (χ0) is 7.44. The van der Waals surface area contributed by atoms with E-state index >= 15 is 0 Å². The Kier molecular flexibility index (Phi) is 2.80. The van der Waals surface area contributed by atoms with Gasteiger partial charge in [-0.1, -0.05) is 0 Å². The highest BCUT2D eigenvalue weighted by Crippen LogP contribution is 1.96. The Bertz CT molecular complexity index is 175. The molecule has 0 spiro atoms. The number of carboxylic acids is 1. The van der Waals surface area contributed by atoms with Crippen LogP contribution in [0.2, 0.25) is 0 Å². The van der Waals surface area contributed by atoms with Crippen LogP contribution < -0.4 is 5.73 Å². The second kappa shape index (κ2) is 3.13. The quantitative estimate of drug-likeness (QED) is 0.189. The van der Waals surface area contributed by atoms with Gasteiger partial charge < -0.3 is 10.8 Å². The summed E-state index contributed by atoms with van der Waals surface area (Å²) < 4.78 is 0. The molecule has 0 aliphatic heterocycles. The molecule has 0 bridgehead atoms. The summed E-state index contributed by atoms with van der Waals surface area (Å²) in [6.45, 7) is 0. The van der Waals surface area contributed by atoms with Gasteiger partial charge in [-0.15, -0.1) is 12.6 Å². The highest BCUT2D eigenvalue weighted by molar-refractivity contribution is 7.85. The summed E-state index contributed by atoms with van der Waals surface area (Å²) in [5.41, 5.74) is 4.86. The minimum Gasteiger partial charge on any atom is -0.478 e. The number of hydrogen-bond acceptors (Lipinski definition) is 3. The van der Waals surface area contributed by atoms with Crippen molar-refractivity contribution in [3.8, 4) is 0 Å². The molecule has 0 aliphatic carbocycles. The molecule has 0 radical (unpaired) electrons. The number of carbonyl (C=O) groups is 1. The van der Waals surface area contributed by atoms with Gasteiger partial charge in [0.15, 0.2) is 0 Å². The van der Waals surface area contributed by atoms with Crippen molar-refractivity contribution in [2.24, 2.45) is 5.73 Å². The number of aliphatic carboxylic acids is 1. The smallest absolute Gasteiger partial charge is 0.329 e. The van der Waals surface area contributed by atoms with E-state index in [1.165, 1.54) is 0 Å². The number of amidine groups is 1. The number of hydrogen-bond donors (Lipinski definition) is 4. The number of rotatable bonds is 2. The van der Waals surface area contributed by atoms with Crippen molar-refractivity contribution in [3.63, 3.8) is 0 Å². The van der Waals surface area contributed by atoms with Gasteiger partial charge in [0.25, 0.3) is 0 Å². The van der Waals surface area contributed by atoms with Crippen LogP contribution in [0.3, 0.4) is 0 Å². The molecule has 0 fully saturated rings. The summed E-state index contributed by atoms with van der Waals surface area (Å²) in [6.07, 6.45) is 0.755. The van der Waals surface area contributed by atoms with Gasteiger partial charge in [0.2, 0.25) is 0 Å². The van der Waals surface area contributed by atoms with E-state index in [9.17, 15) is 4.79 Å². The van der Waals surface area contributed by atoms with E-state index in [1.807, 2.05) is 0 Å². The number of nitrogens with two attached hydrogens (primary N) is 1. The first-order valence-electron chi connectivity index (χ1n) is 2.02. The topological polar surface area (TPSA) is 87.2 Å². The van der Waals surface area contributed by atoms with Crippen molar-refractivity contribution < 1.29 is 9.90 Å². The van der Waals surface area contributed by atoms with Crippen LogP contribution in [0.1, 0.15) is 0 Å². The Morgan fingerprint density at radius 3 is 2.33 bits per heavy atom. The monoisotopic (exact) mass is 146 g/mol. The van der Waals surface area contributed by atoms with Crippen LogP contribution in [0.4, 0.5) is 0 Å². The van der Waals surface area contributed by atoms with Crippen molar-refractivity contribution in [2.75, 3.05) is 0 Å². The summed E-state index contributed by atoms with van der Waals surface area (Å²) in [4.78, 5) is 9.80. The fourth-order valence-corrected chi connectivity index (χ4v) is 0.305. The summed E-state index contributed by atoms with van der Waals surface area (Å²) in [5.74, 6) is -1.50. The normalized spacial score (nSPS) is 11.0. The van der Waals surface area contributed by atoms with Gasteiger partial charge in [-0.3, -0.25) is 5.41 Å². The highest BCUT2D eigenvalue weighted by atomic mass is 32.1. The maximum atomic E-state index is 9.84. The predicted octanol–water partition coefficient (Wildman–Crippen LogP) is -0.179. The van der Waals surface area contributed by atoms with Crippen molar-refractivity contribution in [1.82, 2.24) is 0 Å². The molecular weight excluding hydrogens is 140 g/mol. The Hall–Kier alpha value is -0.970. The Morgan fingerprint density at radius 1 is 1.78 bits per heavy atom. The molecule has 0 aliphatic rings. The number of carboxylic acid groups (broad SMARTS) is 1. The molecule has 9 heavy (non-hydrogen) atoms. The van der Waals surface area contributed by atoms with E-state index in [4.69, 9.17) is 16.2 Å². The van der Waals surface area contributed by atoms with Crippen LogP contribution in [-0.2, 0) is 4.79 Å². The van der Waals surface area contributed by atoms with Crippen molar-refractivity contribution >= 4 is 24.4 Å². The van der Waals surface area contributed by atoms with Crippen LogP contribution in [0.25, 0.3) is 0 Å². The van der Waals surface area contributed by atoms with Gasteiger partial charge in [0, 0.05) is 6.08 Å². The zero-order valence-corrected chi connectivity index (χ0v) is 5.35. The van der Waals surface area contributed by atoms with Gasteiger partial charge in [-0.2, -0.15) is 0 Å². The van der Waals surface area contributed by atoms with E-state index in [0.717, 1.165) is 6.08 Å². The first-order valence-corrected chi connectivity index (χ1v) is 2.46. The SMILES string of the molecule is N=C(N)C(S)=CC(=O)O. The summed E-state index contributed by atoms with van der Waals surface area (Å²) in [5, 5.41) is 14.7. The van der Waals surface area contributed by atoms with Gasteiger partial charge in [-0.05, 0) is 0 Å². The first-order chi connectivity index (χ1) is 4.04. The second-order valence-electron chi connectivity index (χ2n) is 1.28. The lowest BCUT2D eigenvalue weighted by Gasteiger charge is -1.90. The van der Waals surface area contributed by atoms with Crippen LogP contribution in [0.5, 0.6) is 0 Å². The van der Waals surface area contributed by atoms with E-state index < -0.39 is 5.97 Å². The molecule has 0 saturated heterocycles. The minimum atomic E-state index is -1.16. The first kappa shape index (κ1) is 8.03. The molecule has 0 unspecified atom stereocenters. The average Bonchev–Trinajstić information content (AvgIpc) is 1.63. The molecule has 0 heterocycles. The van der Waals surface area contributed by atoms with E-state index in [0.29, 0.717) is 0 Å². The predicted molar refractivity (Wildman–Crippen MR) is 36.6 cm³/mol. The third-order valence-corrected chi connectivity index (χ3v) is 0.906. The maximum absolute atomic E-state index is 9.84.